The summed E-state index contributed by atoms with van der Waals surface area (Å²) in [6, 6.07) is 9.53. The van der Waals surface area contributed by atoms with Crippen LogP contribution in [0.5, 0.6) is 0 Å². The van der Waals surface area contributed by atoms with E-state index >= 15 is 0 Å². The molecule has 0 bridgehead atoms. The van der Waals surface area contributed by atoms with Gasteiger partial charge in [0.05, 0.1) is 6.04 Å². The number of ether oxygens (including phenoxy) is 1. The Labute approximate surface area is 106 Å². The molecule has 0 amide bonds. The van der Waals surface area contributed by atoms with Gasteiger partial charge in [0.15, 0.2) is 0 Å². The van der Waals surface area contributed by atoms with E-state index in [2.05, 4.69) is 10.1 Å². The maximum absolute atomic E-state index is 5.70. The van der Waals surface area contributed by atoms with Crippen LogP contribution < -0.4 is 5.73 Å². The normalized spacial score (nSPS) is 14.4. The van der Waals surface area contributed by atoms with Crippen LogP contribution in [0.3, 0.4) is 0 Å². The molecule has 0 saturated heterocycles. The summed E-state index contributed by atoms with van der Waals surface area (Å²) in [5.41, 5.74) is 6.70. The molecule has 0 saturated carbocycles. The highest BCUT2D eigenvalue weighted by molar-refractivity contribution is 5.22. The zero-order valence-electron chi connectivity index (χ0n) is 10.5. The van der Waals surface area contributed by atoms with Crippen LogP contribution in [0.2, 0.25) is 0 Å². The molecule has 2 rings (SSSR count). The Kier molecular flexibility index (Phi) is 4.07. The van der Waals surface area contributed by atoms with E-state index < -0.39 is 0 Å². The van der Waals surface area contributed by atoms with Gasteiger partial charge in [0.2, 0.25) is 11.7 Å². The fraction of sp³-hybridized carbons (Fsp3) is 0.385. The van der Waals surface area contributed by atoms with Crippen molar-refractivity contribution in [2.45, 2.75) is 26.0 Å². The van der Waals surface area contributed by atoms with Crippen molar-refractivity contribution in [2.75, 3.05) is 6.61 Å². The summed E-state index contributed by atoms with van der Waals surface area (Å²) in [5.74, 6) is 0.931. The van der Waals surface area contributed by atoms with Gasteiger partial charge in [-0.05, 0) is 19.4 Å². The number of hydrogen-bond acceptors (Lipinski definition) is 5. The van der Waals surface area contributed by atoms with E-state index in [-0.39, 0.29) is 12.1 Å². The zero-order chi connectivity index (χ0) is 13.0. The first kappa shape index (κ1) is 12.7. The fourth-order valence-corrected chi connectivity index (χ4v) is 1.65. The van der Waals surface area contributed by atoms with E-state index in [1.807, 2.05) is 37.3 Å². The first-order chi connectivity index (χ1) is 8.72. The maximum Gasteiger partial charge on any atom is 0.243 e. The van der Waals surface area contributed by atoms with Crippen molar-refractivity contribution in [1.29, 1.82) is 0 Å². The lowest BCUT2D eigenvalue weighted by Crippen LogP contribution is -2.09. The molecule has 0 radical (unpaired) electrons. The Hall–Kier alpha value is -1.72. The Balaban J connectivity index is 2.29. The molecule has 1 unspecified atom stereocenters. The number of rotatable bonds is 5. The Morgan fingerprint density at radius 2 is 2.06 bits per heavy atom. The van der Waals surface area contributed by atoms with Gasteiger partial charge in [-0.2, -0.15) is 4.98 Å². The van der Waals surface area contributed by atoms with Gasteiger partial charge in [0.1, 0.15) is 6.10 Å². The minimum absolute atomic E-state index is 0.274. The third-order valence-corrected chi connectivity index (χ3v) is 2.52. The van der Waals surface area contributed by atoms with Gasteiger partial charge in [-0.25, -0.2) is 0 Å². The molecule has 5 heteroatoms. The van der Waals surface area contributed by atoms with Crippen LogP contribution in [0, 0.1) is 0 Å². The SMILES string of the molecule is CCOC(c1ccccc1)c1noc([C@H](C)N)n1. The van der Waals surface area contributed by atoms with Gasteiger partial charge in [0.25, 0.3) is 0 Å². The molecule has 0 fully saturated rings. The minimum Gasteiger partial charge on any atom is -0.366 e. The predicted molar refractivity (Wildman–Crippen MR) is 66.8 cm³/mol. The predicted octanol–water partition coefficient (Wildman–Crippen LogP) is 2.22. The largest absolute Gasteiger partial charge is 0.366 e. The zero-order valence-corrected chi connectivity index (χ0v) is 10.5. The molecule has 1 heterocycles. The van der Waals surface area contributed by atoms with Gasteiger partial charge in [-0.1, -0.05) is 35.5 Å². The summed E-state index contributed by atoms with van der Waals surface area (Å²) in [4.78, 5) is 4.28. The van der Waals surface area contributed by atoms with Crippen molar-refractivity contribution in [2.24, 2.45) is 5.73 Å². The third-order valence-electron chi connectivity index (χ3n) is 2.52. The van der Waals surface area contributed by atoms with Crippen molar-refractivity contribution in [3.05, 3.63) is 47.6 Å². The molecule has 2 aromatic rings. The number of hydrogen-bond donors (Lipinski definition) is 1. The van der Waals surface area contributed by atoms with E-state index in [1.54, 1.807) is 6.92 Å². The summed E-state index contributed by atoms with van der Waals surface area (Å²) in [5, 5.41) is 3.94. The number of benzene rings is 1. The molecule has 5 nitrogen and oxygen atoms in total. The van der Waals surface area contributed by atoms with E-state index in [4.69, 9.17) is 15.0 Å². The highest BCUT2D eigenvalue weighted by Crippen LogP contribution is 2.24. The monoisotopic (exact) mass is 247 g/mol. The van der Waals surface area contributed by atoms with Crippen molar-refractivity contribution < 1.29 is 9.26 Å². The molecule has 0 aliphatic heterocycles. The molecule has 18 heavy (non-hydrogen) atoms. The van der Waals surface area contributed by atoms with Crippen LogP contribution >= 0.6 is 0 Å². The maximum atomic E-state index is 5.70. The van der Waals surface area contributed by atoms with Crippen LogP contribution in [0.15, 0.2) is 34.9 Å². The molecule has 96 valence electrons. The van der Waals surface area contributed by atoms with E-state index in [1.165, 1.54) is 0 Å². The third kappa shape index (κ3) is 2.75. The fourth-order valence-electron chi connectivity index (χ4n) is 1.65. The van der Waals surface area contributed by atoms with E-state index in [0.717, 1.165) is 5.56 Å². The van der Waals surface area contributed by atoms with E-state index in [0.29, 0.717) is 18.3 Å². The summed E-state index contributed by atoms with van der Waals surface area (Å²) < 4.78 is 10.8. The highest BCUT2D eigenvalue weighted by atomic mass is 16.5. The molecular formula is C13H17N3O2. The Bertz CT molecular complexity index is 482. The first-order valence-corrected chi connectivity index (χ1v) is 5.98. The average Bonchev–Trinajstić information content (AvgIpc) is 2.86. The standard InChI is InChI=1S/C13H17N3O2/c1-3-17-11(10-7-5-4-6-8-10)12-15-13(9(2)14)18-16-12/h4-9,11H,3,14H2,1-2H3/t9-,11?/m0/s1. The summed E-state index contributed by atoms with van der Waals surface area (Å²) >= 11 is 0. The van der Waals surface area contributed by atoms with Crippen molar-refractivity contribution in [3.8, 4) is 0 Å². The van der Waals surface area contributed by atoms with Crippen molar-refractivity contribution in [1.82, 2.24) is 10.1 Å². The van der Waals surface area contributed by atoms with Crippen LogP contribution in [0.4, 0.5) is 0 Å². The topological polar surface area (TPSA) is 74.2 Å². The van der Waals surface area contributed by atoms with Gasteiger partial charge >= 0.3 is 0 Å². The molecule has 0 spiro atoms. The second-order valence-corrected chi connectivity index (χ2v) is 4.03. The van der Waals surface area contributed by atoms with Crippen LogP contribution in [0.1, 0.15) is 43.3 Å². The highest BCUT2D eigenvalue weighted by Gasteiger charge is 2.21. The molecule has 1 aromatic heterocycles. The second-order valence-electron chi connectivity index (χ2n) is 4.03. The summed E-state index contributed by atoms with van der Waals surface area (Å²) in [6.07, 6.45) is -0.313. The number of nitrogens with two attached hydrogens (primary N) is 1. The molecule has 1 aromatic carbocycles. The van der Waals surface area contributed by atoms with Gasteiger partial charge in [-0.15, -0.1) is 0 Å². The summed E-state index contributed by atoms with van der Waals surface area (Å²) in [6.45, 7) is 4.31. The number of nitrogens with zero attached hydrogens (tertiary/aromatic N) is 2. The smallest absolute Gasteiger partial charge is 0.243 e. The van der Waals surface area contributed by atoms with Crippen molar-refractivity contribution in [3.63, 3.8) is 0 Å². The summed E-state index contributed by atoms with van der Waals surface area (Å²) in [7, 11) is 0. The lowest BCUT2D eigenvalue weighted by molar-refractivity contribution is 0.0833. The molecule has 0 aliphatic rings. The van der Waals surface area contributed by atoms with Crippen LogP contribution in [0.25, 0.3) is 0 Å². The minimum atomic E-state index is -0.313. The van der Waals surface area contributed by atoms with E-state index in [9.17, 15) is 0 Å². The molecular weight excluding hydrogens is 230 g/mol. The second kappa shape index (κ2) is 5.75. The Morgan fingerprint density at radius 3 is 2.61 bits per heavy atom. The molecule has 2 atom stereocenters. The lowest BCUT2D eigenvalue weighted by Gasteiger charge is -2.13. The van der Waals surface area contributed by atoms with Crippen molar-refractivity contribution >= 4 is 0 Å². The van der Waals surface area contributed by atoms with Crippen LogP contribution in [-0.2, 0) is 4.74 Å². The first-order valence-electron chi connectivity index (χ1n) is 5.98. The van der Waals surface area contributed by atoms with Gasteiger partial charge < -0.3 is 15.0 Å². The number of aromatic nitrogens is 2. The molecule has 0 aliphatic carbocycles. The van der Waals surface area contributed by atoms with Gasteiger partial charge in [0, 0.05) is 6.61 Å². The quantitative estimate of drug-likeness (QED) is 0.876. The average molecular weight is 247 g/mol. The Morgan fingerprint density at radius 1 is 1.33 bits per heavy atom. The van der Waals surface area contributed by atoms with Crippen LogP contribution in [-0.4, -0.2) is 16.7 Å². The molecule has 2 N–H and O–H groups in total. The lowest BCUT2D eigenvalue weighted by atomic mass is 10.1. The van der Waals surface area contributed by atoms with Gasteiger partial charge in [-0.3, -0.25) is 0 Å².